The van der Waals surface area contributed by atoms with Crippen LogP contribution < -0.4 is 5.32 Å². The number of aromatic amines is 1. The van der Waals surface area contributed by atoms with E-state index in [1.807, 2.05) is 26.0 Å². The van der Waals surface area contributed by atoms with E-state index in [-0.39, 0.29) is 5.56 Å². The highest BCUT2D eigenvalue weighted by Crippen LogP contribution is 2.35. The summed E-state index contributed by atoms with van der Waals surface area (Å²) in [4.78, 5) is 29.7. The summed E-state index contributed by atoms with van der Waals surface area (Å²) < 4.78 is 14.1. The minimum atomic E-state index is -0.519. The molecule has 0 spiro atoms. The molecule has 0 atom stereocenters. The molecule has 1 aliphatic carbocycles. The van der Waals surface area contributed by atoms with Crippen LogP contribution in [0.1, 0.15) is 52.8 Å². The Bertz CT molecular complexity index is 1280. The summed E-state index contributed by atoms with van der Waals surface area (Å²) in [6, 6.07) is 8.02. The number of halogens is 1. The number of fused-ring (bicyclic) bond motifs is 2. The maximum absolute atomic E-state index is 14.1. The molecule has 1 amide bonds. The molecular weight excluding hydrogens is 369 g/mol. The fourth-order valence-corrected chi connectivity index (χ4v) is 3.65. The highest BCUT2D eigenvalue weighted by atomic mass is 19.1. The summed E-state index contributed by atoms with van der Waals surface area (Å²) in [7, 11) is 0. The standard InChI is InChI=1S/C22H20FN5O/c1-11-12(2)25-20-16(8-14(23)9-19(20)24-11)22(29)26-15-6-7-17-18(10-15)28-21(27-17)13-4-3-5-13/h6-10,13H,3-5H2,1-2H3,(H,26,29)(H,27,28). The molecule has 146 valence electrons. The largest absolute Gasteiger partial charge is 0.342 e. The lowest BCUT2D eigenvalue weighted by Gasteiger charge is -2.22. The summed E-state index contributed by atoms with van der Waals surface area (Å²) in [5.41, 5.74) is 4.70. The molecule has 0 aliphatic heterocycles. The van der Waals surface area contributed by atoms with Gasteiger partial charge in [0.15, 0.2) is 0 Å². The van der Waals surface area contributed by atoms with Crippen LogP contribution in [-0.4, -0.2) is 25.8 Å². The van der Waals surface area contributed by atoms with Crippen LogP contribution in [-0.2, 0) is 0 Å². The number of rotatable bonds is 3. The third-order valence-electron chi connectivity index (χ3n) is 5.64. The number of benzene rings is 2. The Morgan fingerprint density at radius 2 is 1.86 bits per heavy atom. The van der Waals surface area contributed by atoms with E-state index in [1.165, 1.54) is 18.6 Å². The van der Waals surface area contributed by atoms with Gasteiger partial charge in [0.1, 0.15) is 17.2 Å². The number of aromatic nitrogens is 4. The van der Waals surface area contributed by atoms with Gasteiger partial charge >= 0.3 is 0 Å². The Morgan fingerprint density at radius 3 is 2.62 bits per heavy atom. The van der Waals surface area contributed by atoms with Crippen LogP contribution >= 0.6 is 0 Å². The molecule has 1 fully saturated rings. The Balaban J connectivity index is 1.49. The van der Waals surface area contributed by atoms with Gasteiger partial charge in [0.05, 0.1) is 33.5 Å². The van der Waals surface area contributed by atoms with Crippen molar-refractivity contribution in [3.8, 4) is 0 Å². The monoisotopic (exact) mass is 389 g/mol. The number of nitrogens with one attached hydrogen (secondary N) is 2. The van der Waals surface area contributed by atoms with Crippen LogP contribution in [0.15, 0.2) is 30.3 Å². The van der Waals surface area contributed by atoms with Crippen LogP contribution in [0.3, 0.4) is 0 Å². The van der Waals surface area contributed by atoms with E-state index in [1.54, 1.807) is 6.07 Å². The topological polar surface area (TPSA) is 83.6 Å². The first-order valence-corrected chi connectivity index (χ1v) is 9.73. The zero-order valence-electron chi connectivity index (χ0n) is 16.2. The highest BCUT2D eigenvalue weighted by molar-refractivity contribution is 6.11. The highest BCUT2D eigenvalue weighted by Gasteiger charge is 2.23. The third-order valence-corrected chi connectivity index (χ3v) is 5.64. The summed E-state index contributed by atoms with van der Waals surface area (Å²) in [6.45, 7) is 3.63. The predicted octanol–water partition coefficient (Wildman–Crippen LogP) is 4.78. The minimum Gasteiger partial charge on any atom is -0.342 e. The number of hydrogen-bond donors (Lipinski definition) is 2. The second-order valence-electron chi connectivity index (χ2n) is 7.65. The van der Waals surface area contributed by atoms with Crippen molar-refractivity contribution in [1.29, 1.82) is 0 Å². The molecule has 0 bridgehead atoms. The predicted molar refractivity (Wildman–Crippen MR) is 110 cm³/mol. The number of imidazole rings is 1. The molecule has 0 saturated heterocycles. The Morgan fingerprint density at radius 1 is 1.07 bits per heavy atom. The number of anilines is 1. The van der Waals surface area contributed by atoms with E-state index in [0.29, 0.717) is 34.0 Å². The van der Waals surface area contributed by atoms with Crippen molar-refractivity contribution in [2.45, 2.75) is 39.0 Å². The zero-order valence-corrected chi connectivity index (χ0v) is 16.2. The molecule has 2 aromatic carbocycles. The lowest BCUT2D eigenvalue weighted by molar-refractivity contribution is 0.102. The first-order chi connectivity index (χ1) is 14.0. The second kappa shape index (κ2) is 6.62. The lowest BCUT2D eigenvalue weighted by Crippen LogP contribution is -2.14. The molecule has 1 saturated carbocycles. The fourth-order valence-electron chi connectivity index (χ4n) is 3.65. The molecule has 5 rings (SSSR count). The van der Waals surface area contributed by atoms with Gasteiger partial charge in [-0.1, -0.05) is 6.42 Å². The quantitative estimate of drug-likeness (QED) is 0.528. The van der Waals surface area contributed by atoms with Crippen LogP contribution in [0.5, 0.6) is 0 Å². The average molecular weight is 389 g/mol. The fraction of sp³-hybridized carbons (Fsp3) is 0.273. The van der Waals surface area contributed by atoms with Crippen LogP contribution in [0.2, 0.25) is 0 Å². The van der Waals surface area contributed by atoms with Gasteiger partial charge in [0.2, 0.25) is 0 Å². The van der Waals surface area contributed by atoms with Crippen LogP contribution in [0.4, 0.5) is 10.1 Å². The normalized spacial score (nSPS) is 14.3. The van der Waals surface area contributed by atoms with Gasteiger partial charge in [-0.05, 0) is 51.0 Å². The van der Waals surface area contributed by atoms with Crippen LogP contribution in [0.25, 0.3) is 22.1 Å². The van der Waals surface area contributed by atoms with Crippen LogP contribution in [0, 0.1) is 19.7 Å². The van der Waals surface area contributed by atoms with E-state index in [4.69, 9.17) is 0 Å². The molecule has 2 heterocycles. The van der Waals surface area contributed by atoms with Crippen molar-refractivity contribution in [2.24, 2.45) is 0 Å². The summed E-state index contributed by atoms with van der Waals surface area (Å²) >= 11 is 0. The van der Waals surface area contributed by atoms with Crippen molar-refractivity contribution in [3.05, 3.63) is 58.9 Å². The lowest BCUT2D eigenvalue weighted by atomic mass is 9.85. The number of nitrogens with zero attached hydrogens (tertiary/aromatic N) is 3. The molecule has 7 heteroatoms. The van der Waals surface area contributed by atoms with Gasteiger partial charge in [-0.15, -0.1) is 0 Å². The number of aryl methyl sites for hydroxylation is 2. The summed E-state index contributed by atoms with van der Waals surface area (Å²) in [5.74, 6) is 0.566. The molecule has 6 nitrogen and oxygen atoms in total. The second-order valence-corrected chi connectivity index (χ2v) is 7.65. The van der Waals surface area contributed by atoms with Crippen molar-refractivity contribution in [3.63, 3.8) is 0 Å². The Hall–Kier alpha value is -3.35. The van der Waals surface area contributed by atoms with E-state index < -0.39 is 11.7 Å². The molecule has 1 aliphatic rings. The summed E-state index contributed by atoms with van der Waals surface area (Å²) in [6.07, 6.45) is 3.57. The zero-order chi connectivity index (χ0) is 20.1. The molecule has 2 aromatic heterocycles. The number of carbonyl (C=O) groups is 1. The average Bonchev–Trinajstić information content (AvgIpc) is 3.03. The number of hydrogen-bond acceptors (Lipinski definition) is 4. The van der Waals surface area contributed by atoms with Gasteiger partial charge in [-0.25, -0.2) is 19.3 Å². The summed E-state index contributed by atoms with van der Waals surface area (Å²) in [5, 5.41) is 2.85. The van der Waals surface area contributed by atoms with Crippen molar-refractivity contribution < 1.29 is 9.18 Å². The molecule has 4 aromatic rings. The maximum Gasteiger partial charge on any atom is 0.258 e. The van der Waals surface area contributed by atoms with Gasteiger partial charge < -0.3 is 10.3 Å². The SMILES string of the molecule is Cc1nc2cc(F)cc(C(=O)Nc3ccc4nc(C5CCC5)[nH]c4c3)c2nc1C. The number of carbonyl (C=O) groups excluding carboxylic acids is 1. The van der Waals surface area contributed by atoms with Crippen molar-refractivity contribution in [2.75, 3.05) is 5.32 Å². The van der Waals surface area contributed by atoms with E-state index in [2.05, 4.69) is 25.3 Å². The van der Waals surface area contributed by atoms with E-state index in [9.17, 15) is 9.18 Å². The molecule has 29 heavy (non-hydrogen) atoms. The van der Waals surface area contributed by atoms with Crippen molar-refractivity contribution in [1.82, 2.24) is 19.9 Å². The van der Waals surface area contributed by atoms with Gasteiger partial charge in [-0.3, -0.25) is 4.79 Å². The molecule has 2 N–H and O–H groups in total. The number of H-pyrrole nitrogens is 1. The molecule has 0 unspecified atom stereocenters. The Kier molecular flexibility index (Phi) is 4.04. The molecular formula is C22H20FN5O. The van der Waals surface area contributed by atoms with Gasteiger partial charge in [0, 0.05) is 17.7 Å². The maximum atomic E-state index is 14.1. The Labute approximate surface area is 166 Å². The first kappa shape index (κ1) is 17.7. The smallest absolute Gasteiger partial charge is 0.258 e. The third kappa shape index (κ3) is 3.12. The van der Waals surface area contributed by atoms with Crippen molar-refractivity contribution >= 4 is 33.7 Å². The molecule has 0 radical (unpaired) electrons. The van der Waals surface area contributed by atoms with E-state index >= 15 is 0 Å². The van der Waals surface area contributed by atoms with E-state index in [0.717, 1.165) is 29.7 Å². The first-order valence-electron chi connectivity index (χ1n) is 9.73. The number of amides is 1. The minimum absolute atomic E-state index is 0.162. The van der Waals surface area contributed by atoms with Gasteiger partial charge in [0.25, 0.3) is 5.91 Å². The van der Waals surface area contributed by atoms with Gasteiger partial charge in [-0.2, -0.15) is 0 Å².